The SMILES string of the molecule is CCCCCCCCC(CCCCCC)COCCC1(CCOC(=O)C(C)CCCCCCCC)CCN(Cc2ccccc2)CC1. The molecule has 4 nitrogen and oxygen atoms in total. The number of ether oxygens (including phenoxy) is 2. The van der Waals surface area contributed by atoms with Crippen LogP contribution in [-0.4, -0.2) is 43.8 Å². The van der Waals surface area contributed by atoms with E-state index < -0.39 is 0 Å². The number of nitrogens with zero attached hydrogens (tertiary/aromatic N) is 1. The van der Waals surface area contributed by atoms with Gasteiger partial charge < -0.3 is 9.47 Å². The highest BCUT2D eigenvalue weighted by molar-refractivity contribution is 5.71. The van der Waals surface area contributed by atoms with Gasteiger partial charge in [0.05, 0.1) is 12.5 Å². The molecule has 1 aromatic carbocycles. The first-order chi connectivity index (χ1) is 23.0. The Morgan fingerprint density at radius 3 is 1.81 bits per heavy atom. The van der Waals surface area contributed by atoms with E-state index in [-0.39, 0.29) is 17.3 Å². The predicted octanol–water partition coefficient (Wildman–Crippen LogP) is 12.3. The summed E-state index contributed by atoms with van der Waals surface area (Å²) in [6.45, 7) is 14.5. The van der Waals surface area contributed by atoms with Crippen LogP contribution in [0, 0.1) is 17.3 Å². The van der Waals surface area contributed by atoms with Crippen molar-refractivity contribution in [2.24, 2.45) is 17.3 Å². The molecule has 47 heavy (non-hydrogen) atoms. The summed E-state index contributed by atoms with van der Waals surface area (Å²) in [6, 6.07) is 10.9. The highest BCUT2D eigenvalue weighted by Crippen LogP contribution is 2.39. The molecule has 0 saturated carbocycles. The second-order valence-electron chi connectivity index (χ2n) is 15.2. The van der Waals surface area contributed by atoms with E-state index in [1.807, 2.05) is 0 Å². The summed E-state index contributed by atoms with van der Waals surface area (Å²) in [7, 11) is 0. The molecule has 4 heteroatoms. The van der Waals surface area contributed by atoms with Crippen molar-refractivity contribution in [3.05, 3.63) is 35.9 Å². The van der Waals surface area contributed by atoms with E-state index in [9.17, 15) is 4.79 Å². The van der Waals surface area contributed by atoms with Gasteiger partial charge in [0.15, 0.2) is 0 Å². The van der Waals surface area contributed by atoms with Gasteiger partial charge in [0.1, 0.15) is 0 Å². The van der Waals surface area contributed by atoms with Crippen LogP contribution in [-0.2, 0) is 20.8 Å². The van der Waals surface area contributed by atoms with E-state index in [2.05, 4.69) is 62.9 Å². The number of hydrogen-bond donors (Lipinski definition) is 0. The molecule has 0 radical (unpaired) electrons. The lowest BCUT2D eigenvalue weighted by Crippen LogP contribution is -2.41. The van der Waals surface area contributed by atoms with E-state index in [4.69, 9.17) is 9.47 Å². The first-order valence-corrected chi connectivity index (χ1v) is 20.5. The Bertz CT molecular complexity index is 850. The number of carbonyl (C=O) groups excluding carboxylic acids is 1. The summed E-state index contributed by atoms with van der Waals surface area (Å²) in [5.41, 5.74) is 1.60. The zero-order valence-corrected chi connectivity index (χ0v) is 31.7. The van der Waals surface area contributed by atoms with Crippen LogP contribution >= 0.6 is 0 Å². The number of unbranched alkanes of at least 4 members (excludes halogenated alkanes) is 13. The van der Waals surface area contributed by atoms with Gasteiger partial charge in [-0.1, -0.05) is 161 Å². The Morgan fingerprint density at radius 1 is 0.702 bits per heavy atom. The van der Waals surface area contributed by atoms with Crippen molar-refractivity contribution in [3.63, 3.8) is 0 Å². The first-order valence-electron chi connectivity index (χ1n) is 20.5. The van der Waals surface area contributed by atoms with Crippen LogP contribution in [0.3, 0.4) is 0 Å². The van der Waals surface area contributed by atoms with Crippen LogP contribution in [0.2, 0.25) is 0 Å². The molecule has 272 valence electrons. The van der Waals surface area contributed by atoms with Crippen molar-refractivity contribution < 1.29 is 14.3 Å². The molecule has 0 N–H and O–H groups in total. The molecule has 1 aliphatic rings. The minimum absolute atomic E-state index is 0.00656. The van der Waals surface area contributed by atoms with Crippen LogP contribution in [0.4, 0.5) is 0 Å². The van der Waals surface area contributed by atoms with Gasteiger partial charge in [0.2, 0.25) is 0 Å². The summed E-state index contributed by atoms with van der Waals surface area (Å²) in [4.78, 5) is 15.5. The third-order valence-corrected chi connectivity index (χ3v) is 11.0. The number of hydrogen-bond acceptors (Lipinski definition) is 4. The minimum Gasteiger partial charge on any atom is -0.465 e. The lowest BCUT2D eigenvalue weighted by molar-refractivity contribution is -0.149. The fourth-order valence-corrected chi connectivity index (χ4v) is 7.43. The fourth-order valence-electron chi connectivity index (χ4n) is 7.43. The van der Waals surface area contributed by atoms with Gasteiger partial charge in [-0.2, -0.15) is 0 Å². The lowest BCUT2D eigenvalue weighted by Gasteiger charge is -2.42. The Hall–Kier alpha value is -1.39. The lowest BCUT2D eigenvalue weighted by atomic mass is 9.73. The predicted molar refractivity (Wildman–Crippen MR) is 202 cm³/mol. The average molecular weight is 656 g/mol. The maximum Gasteiger partial charge on any atom is 0.308 e. The van der Waals surface area contributed by atoms with Crippen LogP contribution in [0.15, 0.2) is 30.3 Å². The molecule has 1 heterocycles. The zero-order valence-electron chi connectivity index (χ0n) is 31.7. The molecule has 0 aromatic heterocycles. The third-order valence-electron chi connectivity index (χ3n) is 11.0. The molecule has 2 rings (SSSR count). The Kier molecular flexibility index (Phi) is 24.4. The van der Waals surface area contributed by atoms with E-state index >= 15 is 0 Å². The highest BCUT2D eigenvalue weighted by Gasteiger charge is 2.34. The van der Waals surface area contributed by atoms with E-state index in [0.717, 1.165) is 71.4 Å². The molecule has 2 atom stereocenters. The Labute approximate surface area is 292 Å². The molecular formula is C43H77NO3. The van der Waals surface area contributed by atoms with Gasteiger partial charge in [-0.3, -0.25) is 9.69 Å². The number of carbonyl (C=O) groups is 1. The van der Waals surface area contributed by atoms with Crippen molar-refractivity contribution in [3.8, 4) is 0 Å². The molecule has 1 fully saturated rings. The summed E-state index contributed by atoms with van der Waals surface area (Å²) in [6.07, 6.45) is 29.1. The van der Waals surface area contributed by atoms with Gasteiger partial charge in [-0.25, -0.2) is 0 Å². The molecule has 0 bridgehead atoms. The second-order valence-corrected chi connectivity index (χ2v) is 15.2. The van der Waals surface area contributed by atoms with Crippen LogP contribution in [0.25, 0.3) is 0 Å². The van der Waals surface area contributed by atoms with E-state index in [0.29, 0.717) is 12.5 Å². The zero-order chi connectivity index (χ0) is 33.8. The number of likely N-dealkylation sites (tertiary alicyclic amines) is 1. The van der Waals surface area contributed by atoms with Crippen molar-refractivity contribution in [1.82, 2.24) is 4.90 Å². The third kappa shape index (κ3) is 20.0. The minimum atomic E-state index is 0.00656. The maximum atomic E-state index is 12.9. The van der Waals surface area contributed by atoms with Crippen molar-refractivity contribution >= 4 is 5.97 Å². The molecule has 1 aliphatic heterocycles. The van der Waals surface area contributed by atoms with Gasteiger partial charge in [-0.15, -0.1) is 0 Å². The summed E-state index contributed by atoms with van der Waals surface area (Å²) in [5, 5.41) is 0. The van der Waals surface area contributed by atoms with Crippen LogP contribution < -0.4 is 0 Å². The number of esters is 1. The van der Waals surface area contributed by atoms with Gasteiger partial charge >= 0.3 is 5.97 Å². The average Bonchev–Trinajstić information content (AvgIpc) is 3.09. The number of benzene rings is 1. The second kappa shape index (κ2) is 27.4. The van der Waals surface area contributed by atoms with E-state index in [1.165, 1.54) is 115 Å². The standard InChI is InChI=1S/C43H77NO3/c1-5-8-11-14-16-19-24-39(4)42(45)47-36-32-43(29-33-44(34-30-43)37-40-25-22-18-23-26-40)31-35-46-38-41(27-20-13-10-7-3)28-21-17-15-12-9-6-2/h18,22-23,25-26,39,41H,5-17,19-21,24,27-38H2,1-4H3. The molecular weight excluding hydrogens is 578 g/mol. The smallest absolute Gasteiger partial charge is 0.308 e. The van der Waals surface area contributed by atoms with Gasteiger partial charge in [-0.05, 0) is 74.9 Å². The van der Waals surface area contributed by atoms with Crippen molar-refractivity contribution in [2.45, 2.75) is 182 Å². The Morgan fingerprint density at radius 2 is 1.21 bits per heavy atom. The monoisotopic (exact) mass is 656 g/mol. The van der Waals surface area contributed by atoms with Gasteiger partial charge in [0, 0.05) is 19.8 Å². The summed E-state index contributed by atoms with van der Waals surface area (Å²) < 4.78 is 12.5. The van der Waals surface area contributed by atoms with Gasteiger partial charge in [0.25, 0.3) is 0 Å². The van der Waals surface area contributed by atoms with Crippen molar-refractivity contribution in [1.29, 1.82) is 0 Å². The molecule has 1 saturated heterocycles. The molecule has 0 amide bonds. The fraction of sp³-hybridized carbons (Fsp3) is 0.837. The van der Waals surface area contributed by atoms with Crippen molar-refractivity contribution in [2.75, 3.05) is 32.9 Å². The summed E-state index contributed by atoms with van der Waals surface area (Å²) in [5.74, 6) is 0.719. The molecule has 2 unspecified atom stereocenters. The quantitative estimate of drug-likeness (QED) is 0.0610. The number of rotatable bonds is 30. The molecule has 0 aliphatic carbocycles. The first kappa shape index (κ1) is 41.8. The Balaban J connectivity index is 1.85. The topological polar surface area (TPSA) is 38.8 Å². The maximum absolute atomic E-state index is 12.9. The van der Waals surface area contributed by atoms with E-state index in [1.54, 1.807) is 0 Å². The molecule has 0 spiro atoms. The van der Waals surface area contributed by atoms with Crippen LogP contribution in [0.1, 0.15) is 181 Å². The highest BCUT2D eigenvalue weighted by atomic mass is 16.5. The summed E-state index contributed by atoms with van der Waals surface area (Å²) >= 11 is 0. The van der Waals surface area contributed by atoms with Crippen LogP contribution in [0.5, 0.6) is 0 Å². The normalized spacial score (nSPS) is 16.3. The molecule has 1 aromatic rings. The number of piperidine rings is 1. The largest absolute Gasteiger partial charge is 0.465 e.